The molecule has 1 aliphatic rings. The Bertz CT molecular complexity index is 521. The molecule has 0 amide bonds. The average Bonchev–Trinajstić information content (AvgIpc) is 2.67. The van der Waals surface area contributed by atoms with E-state index in [1.165, 1.54) is 19.3 Å². The van der Waals surface area contributed by atoms with E-state index < -0.39 is 0 Å². The van der Waals surface area contributed by atoms with Crippen LogP contribution >= 0.6 is 15.9 Å². The third-order valence-electron chi connectivity index (χ3n) is 3.21. The molecule has 0 atom stereocenters. The molecule has 0 saturated heterocycles. The van der Waals surface area contributed by atoms with E-state index in [9.17, 15) is 0 Å². The Hall–Kier alpha value is -0.940. The van der Waals surface area contributed by atoms with Gasteiger partial charge >= 0.3 is 0 Å². The minimum atomic E-state index is 0.483. The molecule has 1 saturated carbocycles. The van der Waals surface area contributed by atoms with Crippen molar-refractivity contribution in [3.8, 4) is 0 Å². The Morgan fingerprint density at radius 1 is 1.41 bits per heavy atom. The summed E-state index contributed by atoms with van der Waals surface area (Å²) in [6, 6.07) is 6.01. The van der Waals surface area contributed by atoms with Crippen LogP contribution in [-0.2, 0) is 11.3 Å². The predicted octanol–water partition coefficient (Wildman–Crippen LogP) is 2.76. The topological polar surface area (TPSA) is 39.9 Å². The van der Waals surface area contributed by atoms with Gasteiger partial charge in [-0.15, -0.1) is 5.10 Å². The maximum absolute atomic E-state index is 5.73. The minimum Gasteiger partial charge on any atom is -0.376 e. The summed E-state index contributed by atoms with van der Waals surface area (Å²) in [7, 11) is 0. The molecule has 0 spiro atoms. The normalized spacial score (nSPS) is 16.3. The molecule has 90 valence electrons. The summed E-state index contributed by atoms with van der Waals surface area (Å²) in [6.07, 6.45) is 4.22. The molecule has 0 N–H and O–H groups in total. The number of ether oxygens (including phenoxy) is 1. The van der Waals surface area contributed by atoms with Gasteiger partial charge in [0.05, 0.1) is 24.8 Å². The van der Waals surface area contributed by atoms with Crippen molar-refractivity contribution in [2.75, 3.05) is 6.61 Å². The standard InChI is InChI=1S/C12H14BrN3O/c13-10-5-2-6-11-12(10)14-15-16(11)7-8-17-9-3-1-4-9/h2,5-6,9H,1,3-4,7-8H2. The molecule has 17 heavy (non-hydrogen) atoms. The second kappa shape index (κ2) is 4.74. The highest BCUT2D eigenvalue weighted by Gasteiger charge is 2.17. The van der Waals surface area contributed by atoms with Gasteiger partial charge in [0.2, 0.25) is 0 Å². The first kappa shape index (κ1) is 11.2. The van der Waals surface area contributed by atoms with E-state index in [1.54, 1.807) is 0 Å². The fourth-order valence-corrected chi connectivity index (χ4v) is 2.40. The molecule has 1 aromatic heterocycles. The van der Waals surface area contributed by atoms with Crippen molar-refractivity contribution < 1.29 is 4.74 Å². The zero-order valence-corrected chi connectivity index (χ0v) is 11.1. The Labute approximate surface area is 108 Å². The van der Waals surface area contributed by atoms with Crippen LogP contribution in [0.4, 0.5) is 0 Å². The van der Waals surface area contributed by atoms with Crippen LogP contribution in [-0.4, -0.2) is 27.7 Å². The summed E-state index contributed by atoms with van der Waals surface area (Å²) >= 11 is 3.47. The molecular weight excluding hydrogens is 282 g/mol. The van der Waals surface area contributed by atoms with Crippen molar-refractivity contribution in [2.24, 2.45) is 0 Å². The zero-order valence-electron chi connectivity index (χ0n) is 9.47. The lowest BCUT2D eigenvalue weighted by Gasteiger charge is -2.25. The van der Waals surface area contributed by atoms with Crippen molar-refractivity contribution in [1.29, 1.82) is 0 Å². The third-order valence-corrected chi connectivity index (χ3v) is 3.85. The first-order chi connectivity index (χ1) is 8.34. The number of hydrogen-bond acceptors (Lipinski definition) is 3. The molecule has 1 aromatic carbocycles. The van der Waals surface area contributed by atoms with Crippen molar-refractivity contribution >= 4 is 27.0 Å². The van der Waals surface area contributed by atoms with Crippen LogP contribution in [0, 0.1) is 0 Å². The summed E-state index contributed by atoms with van der Waals surface area (Å²) in [5.41, 5.74) is 1.97. The van der Waals surface area contributed by atoms with E-state index in [2.05, 4.69) is 26.2 Å². The van der Waals surface area contributed by atoms with Crippen molar-refractivity contribution in [3.63, 3.8) is 0 Å². The fraction of sp³-hybridized carbons (Fsp3) is 0.500. The highest BCUT2D eigenvalue weighted by Crippen LogP contribution is 2.23. The van der Waals surface area contributed by atoms with Crippen LogP contribution in [0.2, 0.25) is 0 Å². The second-order valence-corrected chi connectivity index (χ2v) is 5.20. The van der Waals surface area contributed by atoms with E-state index in [0.29, 0.717) is 6.10 Å². The number of aromatic nitrogens is 3. The molecule has 0 unspecified atom stereocenters. The Balaban J connectivity index is 1.69. The number of nitrogens with zero attached hydrogens (tertiary/aromatic N) is 3. The molecule has 4 nitrogen and oxygen atoms in total. The maximum Gasteiger partial charge on any atom is 0.127 e. The first-order valence-corrected chi connectivity index (χ1v) is 6.73. The van der Waals surface area contributed by atoms with Gasteiger partial charge in [-0.2, -0.15) is 0 Å². The van der Waals surface area contributed by atoms with Crippen LogP contribution in [0.1, 0.15) is 19.3 Å². The molecule has 0 radical (unpaired) electrons. The molecule has 5 heteroatoms. The summed E-state index contributed by atoms with van der Waals surface area (Å²) in [5, 5.41) is 8.31. The molecule has 0 aliphatic heterocycles. The second-order valence-electron chi connectivity index (χ2n) is 4.34. The number of fused-ring (bicyclic) bond motifs is 1. The van der Waals surface area contributed by atoms with Gasteiger partial charge in [-0.25, -0.2) is 4.68 Å². The predicted molar refractivity (Wildman–Crippen MR) is 68.8 cm³/mol. The zero-order chi connectivity index (χ0) is 11.7. The van der Waals surface area contributed by atoms with Crippen molar-refractivity contribution in [1.82, 2.24) is 15.0 Å². The highest BCUT2D eigenvalue weighted by atomic mass is 79.9. The van der Waals surface area contributed by atoms with Gasteiger partial charge in [0.25, 0.3) is 0 Å². The SMILES string of the molecule is Brc1cccc2c1nnn2CCOC1CCC1. The molecule has 1 heterocycles. The van der Waals surface area contributed by atoms with E-state index in [0.717, 1.165) is 28.7 Å². The highest BCUT2D eigenvalue weighted by molar-refractivity contribution is 9.10. The van der Waals surface area contributed by atoms with E-state index in [1.807, 2.05) is 22.9 Å². The number of rotatable bonds is 4. The molecular formula is C12H14BrN3O. The van der Waals surface area contributed by atoms with Crippen LogP contribution in [0.3, 0.4) is 0 Å². The van der Waals surface area contributed by atoms with Gasteiger partial charge < -0.3 is 4.74 Å². The summed E-state index contributed by atoms with van der Waals surface area (Å²) in [6.45, 7) is 1.49. The largest absolute Gasteiger partial charge is 0.376 e. The van der Waals surface area contributed by atoms with Gasteiger partial charge in [0, 0.05) is 4.47 Å². The summed E-state index contributed by atoms with van der Waals surface area (Å²) in [4.78, 5) is 0. The van der Waals surface area contributed by atoms with Crippen LogP contribution < -0.4 is 0 Å². The smallest absolute Gasteiger partial charge is 0.127 e. The van der Waals surface area contributed by atoms with Gasteiger partial charge in [-0.1, -0.05) is 11.3 Å². The lowest BCUT2D eigenvalue weighted by Crippen LogP contribution is -2.23. The molecule has 3 rings (SSSR count). The van der Waals surface area contributed by atoms with E-state index in [-0.39, 0.29) is 0 Å². The quantitative estimate of drug-likeness (QED) is 0.871. The lowest BCUT2D eigenvalue weighted by atomic mass is 9.96. The molecule has 1 aliphatic carbocycles. The number of benzene rings is 1. The van der Waals surface area contributed by atoms with Gasteiger partial charge in [-0.05, 0) is 47.3 Å². The molecule has 1 fully saturated rings. The average molecular weight is 296 g/mol. The minimum absolute atomic E-state index is 0.483. The van der Waals surface area contributed by atoms with Crippen molar-refractivity contribution in [3.05, 3.63) is 22.7 Å². The van der Waals surface area contributed by atoms with Crippen LogP contribution in [0.5, 0.6) is 0 Å². The Morgan fingerprint density at radius 2 is 2.29 bits per heavy atom. The van der Waals surface area contributed by atoms with Gasteiger partial charge in [0.1, 0.15) is 5.52 Å². The van der Waals surface area contributed by atoms with Crippen LogP contribution in [0.15, 0.2) is 22.7 Å². The summed E-state index contributed by atoms with van der Waals surface area (Å²) in [5.74, 6) is 0. The Kier molecular flexibility index (Phi) is 3.11. The molecule has 0 bridgehead atoms. The maximum atomic E-state index is 5.73. The van der Waals surface area contributed by atoms with Crippen LogP contribution in [0.25, 0.3) is 11.0 Å². The fourth-order valence-electron chi connectivity index (χ4n) is 1.97. The van der Waals surface area contributed by atoms with E-state index in [4.69, 9.17) is 4.74 Å². The first-order valence-electron chi connectivity index (χ1n) is 5.94. The number of hydrogen-bond donors (Lipinski definition) is 0. The monoisotopic (exact) mass is 295 g/mol. The summed E-state index contributed by atoms with van der Waals surface area (Å²) < 4.78 is 8.62. The van der Waals surface area contributed by atoms with Crippen molar-refractivity contribution in [2.45, 2.75) is 31.9 Å². The van der Waals surface area contributed by atoms with Gasteiger partial charge in [-0.3, -0.25) is 0 Å². The van der Waals surface area contributed by atoms with Gasteiger partial charge in [0.15, 0.2) is 0 Å². The molecule has 2 aromatic rings. The van der Waals surface area contributed by atoms with E-state index >= 15 is 0 Å². The lowest BCUT2D eigenvalue weighted by molar-refractivity contribution is -0.00212. The Morgan fingerprint density at radius 3 is 3.06 bits per heavy atom. The number of halogens is 1. The third kappa shape index (κ3) is 2.21.